The Morgan fingerprint density at radius 1 is 1.26 bits per heavy atom. The molecular weight excluding hydrogens is 330 g/mol. The molecule has 0 fully saturated rings. The van der Waals surface area contributed by atoms with E-state index in [0.717, 1.165) is 25.4 Å². The quantitative estimate of drug-likeness (QED) is 0.869. The zero-order chi connectivity index (χ0) is 17.0. The number of aromatic nitrogens is 1. The predicted molar refractivity (Wildman–Crippen MR) is 77.8 cm³/mol. The Bertz CT molecular complexity index is 755. The Labute approximate surface area is 135 Å². The summed E-state index contributed by atoms with van der Waals surface area (Å²) < 4.78 is 31.7. The lowest BCUT2D eigenvalue weighted by Gasteiger charge is -2.17. The number of ether oxygens (including phenoxy) is 1. The van der Waals surface area contributed by atoms with Crippen LogP contribution in [0.25, 0.3) is 0 Å². The highest BCUT2D eigenvalue weighted by atomic mass is 35.5. The summed E-state index contributed by atoms with van der Waals surface area (Å²) in [6.07, 6.45) is 2.09. The fourth-order valence-electron chi connectivity index (χ4n) is 1.86. The first-order valence-electron chi connectivity index (χ1n) is 6.37. The number of hydrogen-bond donors (Lipinski definition) is 1. The Kier molecular flexibility index (Phi) is 5.23. The monoisotopic (exact) mass is 340 g/mol. The Balaban J connectivity index is 2.33. The van der Waals surface area contributed by atoms with E-state index < -0.39 is 29.6 Å². The lowest BCUT2D eigenvalue weighted by Crippen LogP contribution is -2.35. The lowest BCUT2D eigenvalue weighted by atomic mass is 10.1. The van der Waals surface area contributed by atoms with Crippen LogP contribution in [0.15, 0.2) is 36.7 Å². The normalized spacial score (nSPS) is 11.7. The molecule has 0 aliphatic carbocycles. The van der Waals surface area contributed by atoms with E-state index in [1.165, 1.54) is 18.3 Å². The van der Waals surface area contributed by atoms with E-state index in [1.54, 1.807) is 0 Å². The molecule has 1 aromatic heterocycles. The number of carbonyl (C=O) groups is 2. The first-order chi connectivity index (χ1) is 10.9. The highest BCUT2D eigenvalue weighted by Gasteiger charge is 2.26. The van der Waals surface area contributed by atoms with Crippen molar-refractivity contribution in [3.05, 3.63) is 64.4 Å². The summed E-state index contributed by atoms with van der Waals surface area (Å²) in [5.74, 6) is -3.32. The van der Waals surface area contributed by atoms with Crippen molar-refractivity contribution in [2.75, 3.05) is 7.11 Å². The van der Waals surface area contributed by atoms with E-state index in [9.17, 15) is 18.4 Å². The van der Waals surface area contributed by atoms with Crippen molar-refractivity contribution < 1.29 is 23.1 Å². The van der Waals surface area contributed by atoms with Gasteiger partial charge in [-0.25, -0.2) is 13.6 Å². The molecular formula is C15H11ClF2N2O3. The molecule has 8 heteroatoms. The van der Waals surface area contributed by atoms with Crippen molar-refractivity contribution in [3.63, 3.8) is 0 Å². The number of halogens is 3. The SMILES string of the molecule is COC(=O)[C@@H](NC(=O)c1ccncc1F)c1ccc(Cl)c(F)c1. The van der Waals surface area contributed by atoms with Crippen LogP contribution in [0.1, 0.15) is 22.0 Å². The molecule has 0 unspecified atom stereocenters. The largest absolute Gasteiger partial charge is 0.467 e. The average molecular weight is 341 g/mol. The molecule has 0 bridgehead atoms. The van der Waals surface area contributed by atoms with E-state index in [4.69, 9.17) is 11.6 Å². The zero-order valence-electron chi connectivity index (χ0n) is 11.8. The number of hydrogen-bond acceptors (Lipinski definition) is 4. The molecule has 0 aliphatic rings. The standard InChI is InChI=1S/C15H11ClF2N2O3/c1-23-15(22)13(8-2-3-10(16)11(17)6-8)20-14(21)9-4-5-19-7-12(9)18/h2-7,13H,1H3,(H,20,21)/t13-/m0/s1. The van der Waals surface area contributed by atoms with Crippen molar-refractivity contribution >= 4 is 23.5 Å². The molecule has 1 heterocycles. The number of amides is 1. The number of nitrogens with one attached hydrogen (secondary N) is 1. The minimum Gasteiger partial charge on any atom is -0.467 e. The number of pyridine rings is 1. The summed E-state index contributed by atoms with van der Waals surface area (Å²) in [6.45, 7) is 0. The molecule has 120 valence electrons. The van der Waals surface area contributed by atoms with E-state index >= 15 is 0 Å². The number of carbonyl (C=O) groups excluding carboxylic acids is 2. The van der Waals surface area contributed by atoms with Gasteiger partial charge in [-0.2, -0.15) is 0 Å². The van der Waals surface area contributed by atoms with Crippen LogP contribution in [0.4, 0.5) is 8.78 Å². The summed E-state index contributed by atoms with van der Waals surface area (Å²) in [4.78, 5) is 27.5. The van der Waals surface area contributed by atoms with Crippen LogP contribution >= 0.6 is 11.6 Å². The number of benzene rings is 1. The van der Waals surface area contributed by atoms with Crippen LogP contribution in [0.3, 0.4) is 0 Å². The Morgan fingerprint density at radius 3 is 2.61 bits per heavy atom. The second-order valence-electron chi connectivity index (χ2n) is 4.46. The van der Waals surface area contributed by atoms with E-state index in [-0.39, 0.29) is 16.1 Å². The van der Waals surface area contributed by atoms with Crippen molar-refractivity contribution in [2.24, 2.45) is 0 Å². The molecule has 2 aromatic rings. The Morgan fingerprint density at radius 2 is 2.00 bits per heavy atom. The van der Waals surface area contributed by atoms with Crippen molar-refractivity contribution in [2.45, 2.75) is 6.04 Å². The van der Waals surface area contributed by atoms with Crippen LogP contribution in [0, 0.1) is 11.6 Å². The molecule has 1 atom stereocenters. The van der Waals surface area contributed by atoms with Gasteiger partial charge in [0.05, 0.1) is 23.9 Å². The van der Waals surface area contributed by atoms with Gasteiger partial charge in [0, 0.05) is 6.20 Å². The lowest BCUT2D eigenvalue weighted by molar-refractivity contribution is -0.143. The molecule has 0 spiro atoms. The maximum Gasteiger partial charge on any atom is 0.333 e. The van der Waals surface area contributed by atoms with E-state index in [2.05, 4.69) is 15.0 Å². The van der Waals surface area contributed by atoms with Gasteiger partial charge >= 0.3 is 5.97 Å². The predicted octanol–water partition coefficient (Wildman–Crippen LogP) is 2.66. The van der Waals surface area contributed by atoms with Gasteiger partial charge < -0.3 is 10.1 Å². The first kappa shape index (κ1) is 16.8. The van der Waals surface area contributed by atoms with E-state index in [1.807, 2.05) is 0 Å². The van der Waals surface area contributed by atoms with Crippen LogP contribution in [0.2, 0.25) is 5.02 Å². The summed E-state index contributed by atoms with van der Waals surface area (Å²) in [6, 6.07) is 3.43. The van der Waals surface area contributed by atoms with Crippen LogP contribution < -0.4 is 5.32 Å². The fraction of sp³-hybridized carbons (Fsp3) is 0.133. The molecule has 0 aliphatic heterocycles. The topological polar surface area (TPSA) is 68.3 Å². The molecule has 0 saturated carbocycles. The summed E-state index contributed by atoms with van der Waals surface area (Å²) >= 11 is 5.59. The summed E-state index contributed by atoms with van der Waals surface area (Å²) in [7, 11) is 1.11. The molecule has 0 radical (unpaired) electrons. The maximum atomic E-state index is 13.6. The third kappa shape index (κ3) is 3.81. The van der Waals surface area contributed by atoms with Gasteiger partial charge in [-0.1, -0.05) is 17.7 Å². The van der Waals surface area contributed by atoms with Gasteiger partial charge in [0.1, 0.15) is 5.82 Å². The van der Waals surface area contributed by atoms with Crippen LogP contribution in [0.5, 0.6) is 0 Å². The Hall–Kier alpha value is -2.54. The molecule has 5 nitrogen and oxygen atoms in total. The van der Waals surface area contributed by atoms with E-state index in [0.29, 0.717) is 0 Å². The van der Waals surface area contributed by atoms with Crippen molar-refractivity contribution in [1.82, 2.24) is 10.3 Å². The summed E-state index contributed by atoms with van der Waals surface area (Å²) in [5.41, 5.74) is -0.190. The third-order valence-corrected chi connectivity index (χ3v) is 3.31. The third-order valence-electron chi connectivity index (χ3n) is 3.01. The fourth-order valence-corrected chi connectivity index (χ4v) is 1.97. The molecule has 1 N–H and O–H groups in total. The van der Waals surface area contributed by atoms with Crippen LogP contribution in [-0.2, 0) is 9.53 Å². The summed E-state index contributed by atoms with van der Waals surface area (Å²) in [5, 5.41) is 2.16. The number of methoxy groups -OCH3 is 1. The highest BCUT2D eigenvalue weighted by molar-refractivity contribution is 6.30. The molecule has 1 amide bonds. The number of rotatable bonds is 4. The average Bonchev–Trinajstić information content (AvgIpc) is 2.54. The number of esters is 1. The van der Waals surface area contributed by atoms with Gasteiger partial charge in [-0.05, 0) is 23.8 Å². The van der Waals surface area contributed by atoms with Gasteiger partial charge in [0.2, 0.25) is 0 Å². The molecule has 23 heavy (non-hydrogen) atoms. The minimum atomic E-state index is -1.31. The smallest absolute Gasteiger partial charge is 0.333 e. The van der Waals surface area contributed by atoms with Gasteiger partial charge in [0.25, 0.3) is 5.91 Å². The van der Waals surface area contributed by atoms with Gasteiger partial charge in [0.15, 0.2) is 11.9 Å². The van der Waals surface area contributed by atoms with Gasteiger partial charge in [-0.15, -0.1) is 0 Å². The minimum absolute atomic E-state index is 0.113. The second-order valence-corrected chi connectivity index (χ2v) is 4.87. The highest BCUT2D eigenvalue weighted by Crippen LogP contribution is 2.22. The van der Waals surface area contributed by atoms with Gasteiger partial charge in [-0.3, -0.25) is 9.78 Å². The molecule has 1 aromatic carbocycles. The van der Waals surface area contributed by atoms with Crippen molar-refractivity contribution in [3.8, 4) is 0 Å². The molecule has 0 saturated heterocycles. The molecule has 2 rings (SSSR count). The van der Waals surface area contributed by atoms with Crippen LogP contribution in [-0.4, -0.2) is 24.0 Å². The first-order valence-corrected chi connectivity index (χ1v) is 6.75. The van der Waals surface area contributed by atoms with Crippen molar-refractivity contribution in [1.29, 1.82) is 0 Å². The zero-order valence-corrected chi connectivity index (χ0v) is 12.6. The second kappa shape index (κ2) is 7.15. The number of nitrogens with zero attached hydrogens (tertiary/aromatic N) is 1. The maximum absolute atomic E-state index is 13.6.